The number of aromatic nitrogens is 1. The van der Waals surface area contributed by atoms with E-state index in [1.165, 1.54) is 7.11 Å². The first-order valence-electron chi connectivity index (χ1n) is 6.69. The molecule has 0 atom stereocenters. The van der Waals surface area contributed by atoms with Crippen LogP contribution in [-0.4, -0.2) is 24.0 Å². The molecule has 2 heterocycles. The van der Waals surface area contributed by atoms with Crippen LogP contribution in [0.4, 0.5) is 0 Å². The van der Waals surface area contributed by atoms with E-state index < -0.39 is 5.97 Å². The van der Waals surface area contributed by atoms with Crippen LogP contribution in [-0.2, 0) is 11.3 Å². The first-order chi connectivity index (χ1) is 10.5. The molecule has 5 nitrogen and oxygen atoms in total. The zero-order valence-electron chi connectivity index (χ0n) is 12.1. The Morgan fingerprint density at radius 2 is 1.95 bits per heavy atom. The van der Waals surface area contributed by atoms with Crippen molar-refractivity contribution in [2.75, 3.05) is 7.11 Å². The molecule has 1 aliphatic rings. The lowest BCUT2D eigenvalue weighted by Gasteiger charge is -2.14. The summed E-state index contributed by atoms with van der Waals surface area (Å²) in [5.74, 6) is -0.755. The lowest BCUT2D eigenvalue weighted by Crippen LogP contribution is -2.15. The van der Waals surface area contributed by atoms with Crippen LogP contribution in [0.25, 0.3) is 11.1 Å². The minimum absolute atomic E-state index is 0.238. The van der Waals surface area contributed by atoms with Crippen molar-refractivity contribution in [1.82, 2.24) is 10.3 Å². The molecule has 0 bridgehead atoms. The lowest BCUT2D eigenvalue weighted by atomic mass is 9.93. The quantitative estimate of drug-likeness (QED) is 0.865. The molecule has 22 heavy (non-hydrogen) atoms. The number of methoxy groups -OCH3 is 1. The van der Waals surface area contributed by atoms with Gasteiger partial charge in [0.2, 0.25) is 0 Å². The second-order valence-electron chi connectivity index (χ2n) is 4.95. The predicted octanol–water partition coefficient (Wildman–Crippen LogP) is 2.74. The van der Waals surface area contributed by atoms with E-state index in [1.807, 2.05) is 0 Å². The molecule has 2 aromatic rings. The number of esters is 1. The largest absolute Gasteiger partial charge is 0.465 e. The number of hydrogen-bond donors (Lipinski definition) is 1. The smallest absolute Gasteiger partial charge is 0.340 e. The molecule has 1 aliphatic heterocycles. The Hall–Kier alpha value is -2.40. The van der Waals surface area contributed by atoms with Gasteiger partial charge in [0, 0.05) is 10.6 Å². The van der Waals surface area contributed by atoms with Gasteiger partial charge in [-0.2, -0.15) is 0 Å². The molecule has 1 N–H and O–H groups in total. The fourth-order valence-corrected chi connectivity index (χ4v) is 2.77. The van der Waals surface area contributed by atoms with Gasteiger partial charge in [0.1, 0.15) is 0 Å². The molecule has 112 valence electrons. The summed E-state index contributed by atoms with van der Waals surface area (Å²) in [6.45, 7) is 2.09. The van der Waals surface area contributed by atoms with Gasteiger partial charge in [0.15, 0.2) is 0 Å². The fourth-order valence-electron chi connectivity index (χ4n) is 2.65. The fraction of sp³-hybridized carbons (Fsp3) is 0.188. The third-order valence-corrected chi connectivity index (χ3v) is 3.87. The Morgan fingerprint density at radius 3 is 2.59 bits per heavy atom. The van der Waals surface area contributed by atoms with Gasteiger partial charge in [-0.15, -0.1) is 0 Å². The molecule has 0 saturated carbocycles. The first kappa shape index (κ1) is 14.5. The summed E-state index contributed by atoms with van der Waals surface area (Å²) >= 11 is 5.92. The van der Waals surface area contributed by atoms with Crippen molar-refractivity contribution in [1.29, 1.82) is 0 Å². The Bertz CT molecular complexity index is 785. The van der Waals surface area contributed by atoms with Gasteiger partial charge in [-0.3, -0.25) is 9.78 Å². The van der Waals surface area contributed by atoms with Crippen molar-refractivity contribution < 1.29 is 14.3 Å². The second-order valence-corrected chi connectivity index (χ2v) is 5.39. The third kappa shape index (κ3) is 2.23. The zero-order chi connectivity index (χ0) is 15.9. The van der Waals surface area contributed by atoms with Gasteiger partial charge >= 0.3 is 5.97 Å². The summed E-state index contributed by atoms with van der Waals surface area (Å²) < 4.78 is 4.86. The molecule has 1 aromatic carbocycles. The number of halogens is 1. The maximum Gasteiger partial charge on any atom is 0.340 e. The SMILES string of the molecule is COC(=O)c1c(C)nc2c(c1-c1ccc(Cl)cc1)C(=O)NC2. The Kier molecular flexibility index (Phi) is 3.58. The number of aryl methyl sites for hydroxylation is 1. The van der Waals surface area contributed by atoms with Gasteiger partial charge in [-0.05, 0) is 24.6 Å². The van der Waals surface area contributed by atoms with E-state index in [0.29, 0.717) is 39.6 Å². The average Bonchev–Trinajstić information content (AvgIpc) is 2.87. The van der Waals surface area contributed by atoms with Crippen LogP contribution in [0.1, 0.15) is 32.1 Å². The Balaban J connectivity index is 2.36. The van der Waals surface area contributed by atoms with Gasteiger partial charge in [-0.25, -0.2) is 4.79 Å². The standard InChI is InChI=1S/C16H13ClN2O3/c1-8-12(16(21)22-2)13(9-3-5-10(17)6-4-9)14-11(19-8)7-18-15(14)20/h3-6H,7H2,1-2H3,(H,18,20). The summed E-state index contributed by atoms with van der Waals surface area (Å²) in [7, 11) is 1.31. The van der Waals surface area contributed by atoms with E-state index in [9.17, 15) is 9.59 Å². The van der Waals surface area contributed by atoms with Crippen molar-refractivity contribution in [3.8, 4) is 11.1 Å². The number of nitrogens with zero attached hydrogens (tertiary/aromatic N) is 1. The number of benzene rings is 1. The van der Waals surface area contributed by atoms with Crippen LogP contribution in [0.5, 0.6) is 0 Å². The highest BCUT2D eigenvalue weighted by Gasteiger charge is 2.31. The molecule has 3 rings (SSSR count). The third-order valence-electron chi connectivity index (χ3n) is 3.62. The molecule has 0 saturated heterocycles. The molecular weight excluding hydrogens is 304 g/mol. The van der Waals surface area contributed by atoms with Gasteiger partial charge in [-0.1, -0.05) is 23.7 Å². The molecule has 1 aromatic heterocycles. The molecule has 0 fully saturated rings. The summed E-state index contributed by atoms with van der Waals surface area (Å²) in [6, 6.07) is 6.98. The highest BCUT2D eigenvalue weighted by atomic mass is 35.5. The molecule has 0 aliphatic carbocycles. The minimum Gasteiger partial charge on any atom is -0.465 e. The zero-order valence-corrected chi connectivity index (χ0v) is 12.8. The minimum atomic E-state index is -0.516. The monoisotopic (exact) mass is 316 g/mol. The van der Waals surface area contributed by atoms with E-state index in [0.717, 1.165) is 5.56 Å². The maximum absolute atomic E-state index is 12.2. The van der Waals surface area contributed by atoms with Crippen molar-refractivity contribution >= 4 is 23.5 Å². The first-order valence-corrected chi connectivity index (χ1v) is 7.06. The number of carbonyl (C=O) groups excluding carboxylic acids is 2. The van der Waals surface area contributed by atoms with Crippen molar-refractivity contribution in [2.24, 2.45) is 0 Å². The van der Waals surface area contributed by atoms with Crippen LogP contribution in [0, 0.1) is 6.92 Å². The highest BCUT2D eigenvalue weighted by Crippen LogP contribution is 2.34. The summed E-state index contributed by atoms with van der Waals surface area (Å²) in [5.41, 5.74) is 3.17. The van der Waals surface area contributed by atoms with E-state index in [4.69, 9.17) is 16.3 Å². The number of pyridine rings is 1. The molecule has 6 heteroatoms. The number of ether oxygens (including phenoxy) is 1. The van der Waals surface area contributed by atoms with Crippen molar-refractivity contribution in [3.63, 3.8) is 0 Å². The van der Waals surface area contributed by atoms with Crippen molar-refractivity contribution in [3.05, 3.63) is 51.8 Å². The lowest BCUT2D eigenvalue weighted by molar-refractivity contribution is 0.0600. The predicted molar refractivity (Wildman–Crippen MR) is 81.9 cm³/mol. The highest BCUT2D eigenvalue weighted by molar-refractivity contribution is 6.30. The van der Waals surface area contributed by atoms with Crippen LogP contribution in [0.15, 0.2) is 24.3 Å². The van der Waals surface area contributed by atoms with Crippen LogP contribution in [0.3, 0.4) is 0 Å². The molecule has 0 spiro atoms. The van der Waals surface area contributed by atoms with Gasteiger partial charge < -0.3 is 10.1 Å². The van der Waals surface area contributed by atoms with Crippen LogP contribution < -0.4 is 5.32 Å². The van der Waals surface area contributed by atoms with Gasteiger partial charge in [0.05, 0.1) is 36.2 Å². The van der Waals surface area contributed by atoms with Gasteiger partial charge in [0.25, 0.3) is 5.91 Å². The molecule has 0 unspecified atom stereocenters. The summed E-state index contributed by atoms with van der Waals surface area (Å²) in [6.07, 6.45) is 0. The number of carbonyl (C=O) groups is 2. The Morgan fingerprint density at radius 1 is 1.27 bits per heavy atom. The number of nitrogens with one attached hydrogen (secondary N) is 1. The van der Waals surface area contributed by atoms with Crippen LogP contribution in [0.2, 0.25) is 5.02 Å². The van der Waals surface area contributed by atoms with E-state index in [-0.39, 0.29) is 5.91 Å². The summed E-state index contributed by atoms with van der Waals surface area (Å²) in [4.78, 5) is 28.7. The topological polar surface area (TPSA) is 68.3 Å². The number of hydrogen-bond acceptors (Lipinski definition) is 4. The maximum atomic E-state index is 12.2. The molecule has 1 amide bonds. The van der Waals surface area contributed by atoms with Crippen molar-refractivity contribution in [2.45, 2.75) is 13.5 Å². The molecule has 0 radical (unpaired) electrons. The number of amides is 1. The molecular formula is C16H13ClN2O3. The Labute approximate surface area is 132 Å². The van der Waals surface area contributed by atoms with Crippen LogP contribution >= 0.6 is 11.6 Å². The number of rotatable bonds is 2. The normalized spacial score (nSPS) is 12.8. The van der Waals surface area contributed by atoms with E-state index >= 15 is 0 Å². The number of fused-ring (bicyclic) bond motifs is 1. The van der Waals surface area contributed by atoms with E-state index in [2.05, 4.69) is 10.3 Å². The second kappa shape index (κ2) is 5.42. The van der Waals surface area contributed by atoms with E-state index in [1.54, 1.807) is 31.2 Å². The summed E-state index contributed by atoms with van der Waals surface area (Å²) in [5, 5.41) is 3.32. The average molecular weight is 317 g/mol.